The Balaban J connectivity index is 1.45. The van der Waals surface area contributed by atoms with Gasteiger partial charge in [0.05, 0.1) is 12.5 Å². The van der Waals surface area contributed by atoms with Crippen molar-refractivity contribution in [3.8, 4) is 11.5 Å². The SMILES string of the molecule is CCOC(=O)C1CCN(CCc2ccc3c(c2)OCCO3)CC1. The standard InChI is InChI=1S/C18H25NO4/c1-2-21-18(20)15-6-9-19(10-7-15)8-5-14-3-4-16-17(13-14)23-12-11-22-16/h3-4,13,15H,2,5-12H2,1H3. The largest absolute Gasteiger partial charge is 0.486 e. The van der Waals surface area contributed by atoms with Crippen LogP contribution in [0.5, 0.6) is 11.5 Å². The molecule has 0 saturated carbocycles. The Morgan fingerprint density at radius 2 is 1.96 bits per heavy atom. The second kappa shape index (κ2) is 7.68. The fraction of sp³-hybridized carbons (Fsp3) is 0.611. The molecule has 1 saturated heterocycles. The lowest BCUT2D eigenvalue weighted by Crippen LogP contribution is -2.38. The fourth-order valence-electron chi connectivity index (χ4n) is 3.18. The first kappa shape index (κ1) is 16.1. The monoisotopic (exact) mass is 319 g/mol. The number of hydrogen-bond acceptors (Lipinski definition) is 5. The number of carbonyl (C=O) groups is 1. The lowest BCUT2D eigenvalue weighted by Gasteiger charge is -2.30. The molecule has 3 rings (SSSR count). The highest BCUT2D eigenvalue weighted by Crippen LogP contribution is 2.31. The minimum atomic E-state index is -0.0287. The van der Waals surface area contributed by atoms with Crippen LogP contribution < -0.4 is 9.47 Å². The number of rotatable bonds is 5. The van der Waals surface area contributed by atoms with Crippen LogP contribution in [0.25, 0.3) is 0 Å². The molecule has 0 bridgehead atoms. The number of piperidine rings is 1. The Bertz CT molecular complexity index is 538. The Morgan fingerprint density at radius 3 is 2.70 bits per heavy atom. The molecule has 0 unspecified atom stereocenters. The van der Waals surface area contributed by atoms with Crippen LogP contribution in [0.3, 0.4) is 0 Å². The maximum Gasteiger partial charge on any atom is 0.309 e. The fourth-order valence-corrected chi connectivity index (χ4v) is 3.18. The third-order valence-electron chi connectivity index (χ3n) is 4.53. The van der Waals surface area contributed by atoms with Gasteiger partial charge in [-0.1, -0.05) is 6.07 Å². The zero-order chi connectivity index (χ0) is 16.1. The van der Waals surface area contributed by atoms with Crippen molar-refractivity contribution in [2.75, 3.05) is 39.5 Å². The molecule has 0 radical (unpaired) electrons. The van der Waals surface area contributed by atoms with Gasteiger partial charge in [0.2, 0.25) is 0 Å². The van der Waals surface area contributed by atoms with E-state index in [1.807, 2.05) is 13.0 Å². The first-order valence-corrected chi connectivity index (χ1v) is 8.54. The minimum absolute atomic E-state index is 0.0287. The van der Waals surface area contributed by atoms with E-state index in [-0.39, 0.29) is 11.9 Å². The molecular weight excluding hydrogens is 294 g/mol. The van der Waals surface area contributed by atoms with Crippen LogP contribution in [0.1, 0.15) is 25.3 Å². The van der Waals surface area contributed by atoms with Gasteiger partial charge < -0.3 is 19.1 Å². The van der Waals surface area contributed by atoms with Crippen LogP contribution in [-0.4, -0.2) is 50.3 Å². The number of carbonyl (C=O) groups excluding carboxylic acids is 1. The summed E-state index contributed by atoms with van der Waals surface area (Å²) in [7, 11) is 0. The summed E-state index contributed by atoms with van der Waals surface area (Å²) < 4.78 is 16.3. The van der Waals surface area contributed by atoms with Gasteiger partial charge >= 0.3 is 5.97 Å². The van der Waals surface area contributed by atoms with Gasteiger partial charge in [-0.2, -0.15) is 0 Å². The summed E-state index contributed by atoms with van der Waals surface area (Å²) in [6.45, 7) is 6.53. The highest BCUT2D eigenvalue weighted by atomic mass is 16.6. The normalized spacial score (nSPS) is 18.7. The van der Waals surface area contributed by atoms with E-state index in [2.05, 4.69) is 17.0 Å². The molecule has 0 atom stereocenters. The number of benzene rings is 1. The predicted molar refractivity (Wildman–Crippen MR) is 86.9 cm³/mol. The smallest absolute Gasteiger partial charge is 0.309 e. The lowest BCUT2D eigenvalue weighted by molar-refractivity contribution is -0.149. The van der Waals surface area contributed by atoms with Gasteiger partial charge in [0, 0.05) is 6.54 Å². The molecule has 0 N–H and O–H groups in total. The van der Waals surface area contributed by atoms with Crippen molar-refractivity contribution in [1.29, 1.82) is 0 Å². The Hall–Kier alpha value is -1.75. The van der Waals surface area contributed by atoms with Crippen LogP contribution in [0.15, 0.2) is 18.2 Å². The van der Waals surface area contributed by atoms with Crippen LogP contribution in [0, 0.1) is 5.92 Å². The van der Waals surface area contributed by atoms with Crippen LogP contribution >= 0.6 is 0 Å². The zero-order valence-corrected chi connectivity index (χ0v) is 13.8. The molecule has 0 amide bonds. The number of fused-ring (bicyclic) bond motifs is 1. The molecule has 2 aliphatic rings. The molecule has 5 nitrogen and oxygen atoms in total. The van der Waals surface area contributed by atoms with Gasteiger partial charge in [-0.3, -0.25) is 4.79 Å². The molecule has 126 valence electrons. The van der Waals surface area contributed by atoms with Crippen molar-refractivity contribution in [3.63, 3.8) is 0 Å². The number of likely N-dealkylation sites (tertiary alicyclic amines) is 1. The van der Waals surface area contributed by atoms with Gasteiger partial charge in [0.25, 0.3) is 0 Å². The van der Waals surface area contributed by atoms with Crippen LogP contribution in [0.2, 0.25) is 0 Å². The number of hydrogen-bond donors (Lipinski definition) is 0. The van der Waals surface area contributed by atoms with Gasteiger partial charge in [0.1, 0.15) is 13.2 Å². The molecule has 1 aromatic rings. The highest BCUT2D eigenvalue weighted by Gasteiger charge is 2.25. The van der Waals surface area contributed by atoms with E-state index in [1.54, 1.807) is 0 Å². The molecule has 0 spiro atoms. The summed E-state index contributed by atoms with van der Waals surface area (Å²) in [4.78, 5) is 14.2. The Labute approximate surface area is 137 Å². The molecule has 2 heterocycles. The van der Waals surface area contributed by atoms with Crippen LogP contribution in [-0.2, 0) is 16.0 Å². The van der Waals surface area contributed by atoms with Crippen molar-refractivity contribution >= 4 is 5.97 Å². The molecule has 1 fully saturated rings. The molecule has 1 aromatic carbocycles. The summed E-state index contributed by atoms with van der Waals surface area (Å²) in [6, 6.07) is 6.19. The summed E-state index contributed by atoms with van der Waals surface area (Å²) in [6.07, 6.45) is 2.79. The van der Waals surface area contributed by atoms with Crippen molar-refractivity contribution in [2.45, 2.75) is 26.2 Å². The molecule has 0 aliphatic carbocycles. The third-order valence-corrected chi connectivity index (χ3v) is 4.53. The predicted octanol–water partition coefficient (Wildman–Crippen LogP) is 2.28. The summed E-state index contributed by atoms with van der Waals surface area (Å²) in [5, 5.41) is 0. The first-order valence-electron chi connectivity index (χ1n) is 8.54. The molecule has 23 heavy (non-hydrogen) atoms. The van der Waals surface area contributed by atoms with E-state index in [0.717, 1.165) is 50.4 Å². The van der Waals surface area contributed by atoms with E-state index < -0.39 is 0 Å². The minimum Gasteiger partial charge on any atom is -0.486 e. The van der Waals surface area contributed by atoms with Gasteiger partial charge in [-0.05, 0) is 57.0 Å². The number of nitrogens with zero attached hydrogens (tertiary/aromatic N) is 1. The maximum atomic E-state index is 11.8. The quantitative estimate of drug-likeness (QED) is 0.779. The van der Waals surface area contributed by atoms with E-state index in [1.165, 1.54) is 5.56 Å². The summed E-state index contributed by atoms with van der Waals surface area (Å²) in [5.41, 5.74) is 1.27. The lowest BCUT2D eigenvalue weighted by atomic mass is 9.96. The molecule has 2 aliphatic heterocycles. The van der Waals surface area contributed by atoms with E-state index >= 15 is 0 Å². The van der Waals surface area contributed by atoms with E-state index in [0.29, 0.717) is 19.8 Å². The van der Waals surface area contributed by atoms with Gasteiger partial charge in [0.15, 0.2) is 11.5 Å². The van der Waals surface area contributed by atoms with Crippen molar-refractivity contribution < 1.29 is 19.0 Å². The summed E-state index contributed by atoms with van der Waals surface area (Å²) in [5.74, 6) is 1.75. The molecular formula is C18H25NO4. The van der Waals surface area contributed by atoms with Gasteiger partial charge in [-0.25, -0.2) is 0 Å². The van der Waals surface area contributed by atoms with Crippen molar-refractivity contribution in [2.24, 2.45) is 5.92 Å². The highest BCUT2D eigenvalue weighted by molar-refractivity contribution is 5.72. The summed E-state index contributed by atoms with van der Waals surface area (Å²) >= 11 is 0. The van der Waals surface area contributed by atoms with Crippen molar-refractivity contribution in [1.82, 2.24) is 4.90 Å². The third kappa shape index (κ3) is 4.16. The molecule has 0 aromatic heterocycles. The number of ether oxygens (including phenoxy) is 3. The van der Waals surface area contributed by atoms with E-state index in [9.17, 15) is 4.79 Å². The Kier molecular flexibility index (Phi) is 5.39. The first-order chi connectivity index (χ1) is 11.3. The average molecular weight is 319 g/mol. The molecule has 5 heteroatoms. The topological polar surface area (TPSA) is 48.0 Å². The van der Waals surface area contributed by atoms with Crippen molar-refractivity contribution in [3.05, 3.63) is 23.8 Å². The number of esters is 1. The zero-order valence-electron chi connectivity index (χ0n) is 13.8. The van der Waals surface area contributed by atoms with E-state index in [4.69, 9.17) is 14.2 Å². The Morgan fingerprint density at radius 1 is 1.22 bits per heavy atom. The maximum absolute atomic E-state index is 11.8. The average Bonchev–Trinajstić information content (AvgIpc) is 2.60. The second-order valence-electron chi connectivity index (χ2n) is 6.10. The van der Waals surface area contributed by atoms with Gasteiger partial charge in [-0.15, -0.1) is 0 Å². The second-order valence-corrected chi connectivity index (χ2v) is 6.10. The van der Waals surface area contributed by atoms with Crippen LogP contribution in [0.4, 0.5) is 0 Å².